The van der Waals surface area contributed by atoms with E-state index in [4.69, 9.17) is 19.5 Å². The molecule has 0 aromatic heterocycles. The third-order valence-electron chi connectivity index (χ3n) is 1.36. The lowest BCUT2D eigenvalue weighted by Gasteiger charge is -2.08. The Labute approximate surface area is 116 Å². The van der Waals surface area contributed by atoms with E-state index in [2.05, 4.69) is 29.1 Å². The number of ether oxygens (including phenoxy) is 2. The summed E-state index contributed by atoms with van der Waals surface area (Å²) in [5.41, 5.74) is 0. The SMILES string of the molecule is C=CCC(O)COCCOCCO.O=P(O)(Cl)Cl. The summed E-state index contributed by atoms with van der Waals surface area (Å²) >= 11 is 8.81. The third kappa shape index (κ3) is 29.9. The van der Waals surface area contributed by atoms with Crippen molar-refractivity contribution in [3.63, 3.8) is 0 Å². The van der Waals surface area contributed by atoms with Crippen LogP contribution in [-0.4, -0.2) is 54.2 Å². The van der Waals surface area contributed by atoms with Gasteiger partial charge >= 0.3 is 6.07 Å². The molecule has 0 aliphatic heterocycles. The molecule has 3 N–H and O–H groups in total. The van der Waals surface area contributed by atoms with Crippen LogP contribution in [0.15, 0.2) is 12.7 Å². The Kier molecular flexibility index (Phi) is 15.8. The van der Waals surface area contributed by atoms with E-state index in [1.807, 2.05) is 0 Å². The molecule has 0 rings (SSSR count). The average Bonchev–Trinajstić information content (AvgIpc) is 2.21. The van der Waals surface area contributed by atoms with Crippen molar-refractivity contribution in [2.45, 2.75) is 12.5 Å². The number of halogens is 2. The van der Waals surface area contributed by atoms with Crippen molar-refractivity contribution in [3.8, 4) is 0 Å². The van der Waals surface area contributed by atoms with Crippen molar-refractivity contribution in [3.05, 3.63) is 12.7 Å². The maximum absolute atomic E-state index is 9.30. The highest BCUT2D eigenvalue weighted by Crippen LogP contribution is 2.51. The molecule has 0 radical (unpaired) electrons. The number of aliphatic hydroxyl groups is 2. The van der Waals surface area contributed by atoms with Gasteiger partial charge in [0.15, 0.2) is 0 Å². The van der Waals surface area contributed by atoms with Gasteiger partial charge in [0.05, 0.1) is 39.1 Å². The van der Waals surface area contributed by atoms with Gasteiger partial charge in [-0.3, -0.25) is 4.57 Å². The van der Waals surface area contributed by atoms with Gasteiger partial charge in [-0.2, -0.15) is 0 Å². The first kappa shape index (κ1) is 20.7. The minimum atomic E-state index is -3.69. The first-order valence-electron chi connectivity index (χ1n) is 5.08. The fourth-order valence-corrected chi connectivity index (χ4v) is 0.764. The first-order chi connectivity index (χ1) is 8.31. The second kappa shape index (κ2) is 13.8. The van der Waals surface area contributed by atoms with Crippen LogP contribution >= 0.6 is 28.6 Å². The summed E-state index contributed by atoms with van der Waals surface area (Å²) in [7, 11) is 0. The maximum Gasteiger partial charge on any atom is 0.377 e. The van der Waals surface area contributed by atoms with Gasteiger partial charge < -0.3 is 24.6 Å². The largest absolute Gasteiger partial charge is 0.394 e. The lowest BCUT2D eigenvalue weighted by Crippen LogP contribution is -2.16. The molecule has 0 aliphatic rings. The van der Waals surface area contributed by atoms with Crippen LogP contribution in [0.25, 0.3) is 0 Å². The Balaban J connectivity index is 0. The zero-order valence-electron chi connectivity index (χ0n) is 9.87. The molecule has 110 valence electrons. The summed E-state index contributed by atoms with van der Waals surface area (Å²) in [6.07, 6.45) is -1.98. The molecule has 0 heterocycles. The van der Waals surface area contributed by atoms with Crippen molar-refractivity contribution in [1.82, 2.24) is 0 Å². The molecule has 0 saturated heterocycles. The molecular weight excluding hydrogens is 306 g/mol. The van der Waals surface area contributed by atoms with Gasteiger partial charge in [-0.25, -0.2) is 0 Å². The molecule has 0 fully saturated rings. The summed E-state index contributed by atoms with van der Waals surface area (Å²) in [6, 6.07) is 0. The Bertz CT molecular complexity index is 227. The highest BCUT2D eigenvalue weighted by Gasteiger charge is 2.02. The van der Waals surface area contributed by atoms with E-state index >= 15 is 0 Å². The molecule has 1 unspecified atom stereocenters. The van der Waals surface area contributed by atoms with E-state index in [0.29, 0.717) is 32.8 Å². The molecule has 9 heteroatoms. The lowest BCUT2D eigenvalue weighted by atomic mass is 10.3. The fraction of sp³-hybridized carbons (Fsp3) is 0.778. The van der Waals surface area contributed by atoms with Crippen LogP contribution in [0.1, 0.15) is 6.42 Å². The van der Waals surface area contributed by atoms with Crippen molar-refractivity contribution in [1.29, 1.82) is 0 Å². The fourth-order valence-electron chi connectivity index (χ4n) is 0.764. The molecule has 0 spiro atoms. The van der Waals surface area contributed by atoms with Crippen LogP contribution < -0.4 is 0 Å². The second-order valence-electron chi connectivity index (χ2n) is 3.02. The predicted molar refractivity (Wildman–Crippen MR) is 71.1 cm³/mol. The standard InChI is InChI=1S/C9H18O4.Cl2HO2P/c1-2-3-9(11)8-13-7-6-12-5-4-10;1-5(2,3)4/h2,9-11H,1,3-8H2;(H,3,4). The average molecular weight is 325 g/mol. The zero-order valence-corrected chi connectivity index (χ0v) is 12.3. The maximum atomic E-state index is 9.30. The number of hydrogen-bond donors (Lipinski definition) is 3. The molecule has 0 aliphatic carbocycles. The molecule has 0 bridgehead atoms. The van der Waals surface area contributed by atoms with E-state index in [1.54, 1.807) is 6.08 Å². The van der Waals surface area contributed by atoms with Crippen LogP contribution in [0.3, 0.4) is 0 Å². The van der Waals surface area contributed by atoms with Crippen molar-refractivity contribution >= 4 is 28.6 Å². The van der Waals surface area contributed by atoms with Crippen LogP contribution in [0.2, 0.25) is 0 Å². The third-order valence-corrected chi connectivity index (χ3v) is 1.36. The lowest BCUT2D eigenvalue weighted by molar-refractivity contribution is -0.000995. The van der Waals surface area contributed by atoms with Crippen LogP contribution in [-0.2, 0) is 14.0 Å². The molecule has 18 heavy (non-hydrogen) atoms. The molecule has 0 saturated carbocycles. The van der Waals surface area contributed by atoms with E-state index < -0.39 is 12.2 Å². The van der Waals surface area contributed by atoms with Gasteiger partial charge in [-0.15, -0.1) is 6.58 Å². The van der Waals surface area contributed by atoms with Crippen LogP contribution in [0, 0.1) is 0 Å². The quantitative estimate of drug-likeness (QED) is 0.338. The van der Waals surface area contributed by atoms with Gasteiger partial charge in [0.2, 0.25) is 0 Å². The smallest absolute Gasteiger partial charge is 0.377 e. The van der Waals surface area contributed by atoms with Gasteiger partial charge in [0, 0.05) is 0 Å². The molecule has 0 amide bonds. The number of hydrogen-bond acceptors (Lipinski definition) is 5. The predicted octanol–water partition coefficient (Wildman–Crippen LogP) is 1.51. The Morgan fingerprint density at radius 1 is 1.28 bits per heavy atom. The molecule has 0 aromatic rings. The molecular formula is C9H19Cl2O6P. The monoisotopic (exact) mass is 324 g/mol. The number of aliphatic hydroxyl groups excluding tert-OH is 2. The van der Waals surface area contributed by atoms with E-state index in [-0.39, 0.29) is 6.61 Å². The van der Waals surface area contributed by atoms with Gasteiger partial charge in [-0.1, -0.05) is 6.08 Å². The van der Waals surface area contributed by atoms with Crippen LogP contribution in [0.4, 0.5) is 0 Å². The molecule has 1 atom stereocenters. The van der Waals surface area contributed by atoms with E-state index in [9.17, 15) is 9.67 Å². The summed E-state index contributed by atoms with van der Waals surface area (Å²) in [5.74, 6) is 0. The van der Waals surface area contributed by atoms with Gasteiger partial charge in [0.25, 0.3) is 0 Å². The van der Waals surface area contributed by atoms with E-state index in [1.165, 1.54) is 0 Å². The number of rotatable bonds is 9. The first-order valence-corrected chi connectivity index (χ1v) is 8.55. The summed E-state index contributed by atoms with van der Waals surface area (Å²) in [6.45, 7) is 5.04. The second-order valence-corrected chi connectivity index (χ2v) is 7.16. The van der Waals surface area contributed by atoms with Crippen molar-refractivity contribution in [2.24, 2.45) is 0 Å². The highest BCUT2D eigenvalue weighted by molar-refractivity contribution is 8.04. The molecule has 0 aromatic carbocycles. The Morgan fingerprint density at radius 3 is 2.22 bits per heavy atom. The normalized spacial score (nSPS) is 12.5. The van der Waals surface area contributed by atoms with Crippen molar-refractivity contribution in [2.75, 3.05) is 33.0 Å². The van der Waals surface area contributed by atoms with Crippen LogP contribution in [0.5, 0.6) is 0 Å². The minimum absolute atomic E-state index is 0.0269. The van der Waals surface area contributed by atoms with Gasteiger partial charge in [-0.05, 0) is 28.9 Å². The van der Waals surface area contributed by atoms with E-state index in [0.717, 1.165) is 0 Å². The Hall–Kier alpha value is 0.350. The Morgan fingerprint density at radius 2 is 1.78 bits per heavy atom. The molecule has 6 nitrogen and oxygen atoms in total. The van der Waals surface area contributed by atoms with Crippen molar-refractivity contribution < 1.29 is 29.1 Å². The summed E-state index contributed by atoms with van der Waals surface area (Å²) < 4.78 is 19.3. The topological polar surface area (TPSA) is 96.2 Å². The van der Waals surface area contributed by atoms with Gasteiger partial charge in [0.1, 0.15) is 0 Å². The summed E-state index contributed by atoms with van der Waals surface area (Å²) in [5, 5.41) is 17.5. The minimum Gasteiger partial charge on any atom is -0.394 e. The highest BCUT2D eigenvalue weighted by atomic mass is 35.9. The summed E-state index contributed by atoms with van der Waals surface area (Å²) in [4.78, 5) is 7.61. The zero-order chi connectivity index (χ0) is 14.4.